The maximum Gasteiger partial charge on any atom is 0.236 e. The van der Waals surface area contributed by atoms with Crippen LogP contribution >= 0.6 is 0 Å². The third-order valence-electron chi connectivity index (χ3n) is 4.73. The van der Waals surface area contributed by atoms with Crippen molar-refractivity contribution in [2.24, 2.45) is 5.92 Å². The first-order valence-electron chi connectivity index (χ1n) is 8.64. The van der Waals surface area contributed by atoms with E-state index in [-0.39, 0.29) is 5.91 Å². The van der Waals surface area contributed by atoms with Gasteiger partial charge in [-0.15, -0.1) is 5.10 Å². The van der Waals surface area contributed by atoms with E-state index in [1.54, 1.807) is 0 Å². The number of amides is 1. The van der Waals surface area contributed by atoms with Crippen LogP contribution in [0.25, 0.3) is 0 Å². The molecule has 1 amide bonds. The van der Waals surface area contributed by atoms with E-state index in [1.807, 2.05) is 31.0 Å². The van der Waals surface area contributed by atoms with Crippen LogP contribution in [-0.4, -0.2) is 60.3 Å². The molecule has 1 N–H and O–H groups in total. The first-order chi connectivity index (χ1) is 11.1. The summed E-state index contributed by atoms with van der Waals surface area (Å²) in [6, 6.07) is 4.36. The molecule has 1 saturated heterocycles. The Kier molecular flexibility index (Phi) is 5.10. The van der Waals surface area contributed by atoms with E-state index in [0.29, 0.717) is 12.6 Å². The summed E-state index contributed by atoms with van der Waals surface area (Å²) < 4.78 is 0. The fourth-order valence-corrected chi connectivity index (χ4v) is 3.07. The zero-order chi connectivity index (χ0) is 16.2. The van der Waals surface area contributed by atoms with E-state index in [0.717, 1.165) is 49.9 Å². The van der Waals surface area contributed by atoms with Gasteiger partial charge in [-0.1, -0.05) is 0 Å². The van der Waals surface area contributed by atoms with Crippen LogP contribution in [-0.2, 0) is 4.79 Å². The molecule has 6 nitrogen and oxygen atoms in total. The number of nitrogens with one attached hydrogen (secondary N) is 1. The normalized spacial score (nSPS) is 21.3. The number of likely N-dealkylation sites (N-methyl/N-ethyl adjacent to an activating group) is 1. The van der Waals surface area contributed by atoms with Crippen molar-refractivity contribution in [2.75, 3.05) is 38.1 Å². The number of rotatable bonds is 6. The van der Waals surface area contributed by atoms with Gasteiger partial charge in [-0.05, 0) is 50.7 Å². The van der Waals surface area contributed by atoms with Crippen molar-refractivity contribution >= 4 is 11.7 Å². The average Bonchev–Trinajstić information content (AvgIpc) is 3.37. The Labute approximate surface area is 138 Å². The molecule has 0 radical (unpaired) electrons. The van der Waals surface area contributed by atoms with Gasteiger partial charge in [0, 0.05) is 32.7 Å². The van der Waals surface area contributed by atoms with Crippen molar-refractivity contribution in [3.63, 3.8) is 0 Å². The van der Waals surface area contributed by atoms with Gasteiger partial charge < -0.3 is 15.1 Å². The molecule has 2 aliphatic rings. The highest BCUT2D eigenvalue weighted by Crippen LogP contribution is 2.29. The van der Waals surface area contributed by atoms with Crippen molar-refractivity contribution in [1.82, 2.24) is 20.4 Å². The van der Waals surface area contributed by atoms with Crippen LogP contribution in [0, 0.1) is 12.8 Å². The molecule has 0 bridgehead atoms. The third kappa shape index (κ3) is 4.64. The lowest BCUT2D eigenvalue weighted by Gasteiger charge is -2.34. The number of hydrogen-bond acceptors (Lipinski definition) is 5. The van der Waals surface area contributed by atoms with E-state index in [9.17, 15) is 4.79 Å². The molecule has 23 heavy (non-hydrogen) atoms. The second-order valence-corrected chi connectivity index (χ2v) is 6.92. The number of hydrogen-bond donors (Lipinski definition) is 1. The van der Waals surface area contributed by atoms with E-state index < -0.39 is 0 Å². The Bertz CT molecular complexity index is 528. The van der Waals surface area contributed by atoms with Gasteiger partial charge in [0.1, 0.15) is 0 Å². The van der Waals surface area contributed by atoms with Gasteiger partial charge in [0.15, 0.2) is 5.82 Å². The van der Waals surface area contributed by atoms with Crippen LogP contribution in [0.1, 0.15) is 31.4 Å². The summed E-state index contributed by atoms with van der Waals surface area (Å²) in [5.74, 6) is 1.87. The number of piperidine rings is 1. The summed E-state index contributed by atoms with van der Waals surface area (Å²) in [5, 5.41) is 11.8. The summed E-state index contributed by atoms with van der Waals surface area (Å²) >= 11 is 0. The molecular formula is C17H27N5O. The van der Waals surface area contributed by atoms with Crippen molar-refractivity contribution < 1.29 is 4.79 Å². The van der Waals surface area contributed by atoms with Crippen molar-refractivity contribution in [1.29, 1.82) is 0 Å². The highest BCUT2D eigenvalue weighted by Gasteiger charge is 2.26. The highest BCUT2D eigenvalue weighted by atomic mass is 16.2. The Morgan fingerprint density at radius 1 is 1.35 bits per heavy atom. The zero-order valence-corrected chi connectivity index (χ0v) is 14.2. The fraction of sp³-hybridized carbons (Fsp3) is 0.706. The molecule has 3 rings (SSSR count). The van der Waals surface area contributed by atoms with Gasteiger partial charge in [0.25, 0.3) is 0 Å². The Morgan fingerprint density at radius 2 is 2.17 bits per heavy atom. The van der Waals surface area contributed by atoms with Crippen molar-refractivity contribution in [3.05, 3.63) is 17.8 Å². The lowest BCUT2D eigenvalue weighted by Crippen LogP contribution is -2.49. The van der Waals surface area contributed by atoms with Crippen molar-refractivity contribution in [2.45, 2.75) is 38.6 Å². The summed E-state index contributed by atoms with van der Waals surface area (Å²) in [6.45, 7) is 5.18. The first-order valence-corrected chi connectivity index (χ1v) is 8.64. The Hall–Kier alpha value is -1.69. The van der Waals surface area contributed by atoms with Crippen molar-refractivity contribution in [3.8, 4) is 0 Å². The van der Waals surface area contributed by atoms with Gasteiger partial charge in [-0.3, -0.25) is 4.79 Å². The zero-order valence-electron chi connectivity index (χ0n) is 14.2. The van der Waals surface area contributed by atoms with Crippen LogP contribution in [0.15, 0.2) is 12.1 Å². The van der Waals surface area contributed by atoms with Gasteiger partial charge in [0.05, 0.1) is 12.2 Å². The summed E-state index contributed by atoms with van der Waals surface area (Å²) in [7, 11) is 1.91. The minimum atomic E-state index is 0.198. The largest absolute Gasteiger partial charge is 0.354 e. The lowest BCUT2D eigenvalue weighted by atomic mass is 10.1. The predicted octanol–water partition coefficient (Wildman–Crippen LogP) is 1.21. The quantitative estimate of drug-likeness (QED) is 0.854. The van der Waals surface area contributed by atoms with Crippen LogP contribution < -0.4 is 10.2 Å². The molecule has 1 aliphatic heterocycles. The standard InChI is InChI=1S/C17H27N5O/c1-13-5-8-16(20-19-13)22-9-3-4-15(12-22)18-10-17(23)21(2)11-14-6-7-14/h5,8,14-15,18H,3-4,6-7,9-12H2,1-2H3/t15-/m0/s1. The van der Waals surface area contributed by atoms with Crippen LogP contribution in [0.3, 0.4) is 0 Å². The summed E-state index contributed by atoms with van der Waals surface area (Å²) in [6.07, 6.45) is 4.77. The van der Waals surface area contributed by atoms with Crippen LogP contribution in [0.2, 0.25) is 0 Å². The molecular weight excluding hydrogens is 290 g/mol. The lowest BCUT2D eigenvalue weighted by molar-refractivity contribution is -0.129. The van der Waals surface area contributed by atoms with Gasteiger partial charge in [0.2, 0.25) is 5.91 Å². The number of nitrogens with zero attached hydrogens (tertiary/aromatic N) is 4. The number of carbonyl (C=O) groups excluding carboxylic acids is 1. The molecule has 0 spiro atoms. The average molecular weight is 317 g/mol. The topological polar surface area (TPSA) is 61.4 Å². The molecule has 1 aliphatic carbocycles. The second kappa shape index (κ2) is 7.25. The molecule has 0 aromatic carbocycles. The minimum absolute atomic E-state index is 0.198. The molecule has 0 unspecified atom stereocenters. The number of aromatic nitrogens is 2. The predicted molar refractivity (Wildman–Crippen MR) is 90.4 cm³/mol. The highest BCUT2D eigenvalue weighted by molar-refractivity contribution is 5.78. The molecule has 1 saturated carbocycles. The van der Waals surface area contributed by atoms with E-state index >= 15 is 0 Å². The summed E-state index contributed by atoms with van der Waals surface area (Å²) in [5.41, 5.74) is 0.935. The van der Waals surface area contributed by atoms with Gasteiger partial charge in [-0.2, -0.15) is 5.10 Å². The Morgan fingerprint density at radius 3 is 2.87 bits per heavy atom. The monoisotopic (exact) mass is 317 g/mol. The molecule has 126 valence electrons. The van der Waals surface area contributed by atoms with E-state index in [4.69, 9.17) is 0 Å². The first kappa shape index (κ1) is 16.2. The van der Waals surface area contributed by atoms with Gasteiger partial charge >= 0.3 is 0 Å². The smallest absolute Gasteiger partial charge is 0.236 e. The van der Waals surface area contributed by atoms with E-state index in [2.05, 4.69) is 20.4 Å². The summed E-state index contributed by atoms with van der Waals surface area (Å²) in [4.78, 5) is 16.3. The molecule has 2 heterocycles. The van der Waals surface area contributed by atoms with Crippen LogP contribution in [0.4, 0.5) is 5.82 Å². The number of carbonyl (C=O) groups is 1. The van der Waals surface area contributed by atoms with Gasteiger partial charge in [-0.25, -0.2) is 0 Å². The minimum Gasteiger partial charge on any atom is -0.354 e. The third-order valence-corrected chi connectivity index (χ3v) is 4.73. The fourth-order valence-electron chi connectivity index (χ4n) is 3.07. The number of aryl methyl sites for hydroxylation is 1. The van der Waals surface area contributed by atoms with E-state index in [1.165, 1.54) is 12.8 Å². The Balaban J connectivity index is 1.46. The SMILES string of the molecule is Cc1ccc(N2CCC[C@H](NCC(=O)N(C)CC3CC3)C2)nn1. The molecule has 1 aromatic rings. The molecule has 6 heteroatoms. The molecule has 1 atom stereocenters. The maximum absolute atomic E-state index is 12.2. The van der Waals surface area contributed by atoms with Crippen LogP contribution in [0.5, 0.6) is 0 Å². The maximum atomic E-state index is 12.2. The molecule has 1 aromatic heterocycles. The number of anilines is 1. The molecule has 2 fully saturated rings. The second-order valence-electron chi connectivity index (χ2n) is 6.92.